The zero-order valence-corrected chi connectivity index (χ0v) is 17.6. The largest absolute Gasteiger partial charge is 0.478 e. The molecule has 4 rings (SSSR count). The van der Waals surface area contributed by atoms with Crippen molar-refractivity contribution in [2.24, 2.45) is 0 Å². The molecule has 2 amide bonds. The van der Waals surface area contributed by atoms with Crippen LogP contribution in [0.4, 0.5) is 0 Å². The summed E-state index contributed by atoms with van der Waals surface area (Å²) >= 11 is 5.93. The number of fused-ring (bicyclic) bond motifs is 3. The summed E-state index contributed by atoms with van der Waals surface area (Å²) < 4.78 is 5.95. The molecule has 2 atom stereocenters. The van der Waals surface area contributed by atoms with E-state index in [1.807, 2.05) is 17.0 Å². The van der Waals surface area contributed by atoms with Gasteiger partial charge in [0, 0.05) is 18.1 Å². The van der Waals surface area contributed by atoms with Crippen LogP contribution in [0.5, 0.6) is 5.75 Å². The van der Waals surface area contributed by atoms with E-state index in [9.17, 15) is 9.59 Å². The van der Waals surface area contributed by atoms with Gasteiger partial charge in [0.15, 0.2) is 5.60 Å². The van der Waals surface area contributed by atoms with Gasteiger partial charge in [-0.3, -0.25) is 9.59 Å². The molecular weight excluding hydrogens is 388 g/mol. The summed E-state index contributed by atoms with van der Waals surface area (Å²) in [4.78, 5) is 29.7. The van der Waals surface area contributed by atoms with Crippen LogP contribution in [0, 0.1) is 0 Å². The molecule has 6 heteroatoms. The Morgan fingerprint density at radius 3 is 2.41 bits per heavy atom. The molecule has 2 heterocycles. The fourth-order valence-electron chi connectivity index (χ4n) is 4.33. The van der Waals surface area contributed by atoms with Crippen LogP contribution < -0.4 is 4.74 Å². The predicted molar refractivity (Wildman–Crippen MR) is 112 cm³/mol. The number of carbonyl (C=O) groups excluding carboxylic acids is 2. The Kier molecular flexibility index (Phi) is 5.03. The van der Waals surface area contributed by atoms with E-state index in [4.69, 9.17) is 16.3 Å². The van der Waals surface area contributed by atoms with Crippen molar-refractivity contribution in [3.8, 4) is 5.75 Å². The Labute approximate surface area is 176 Å². The van der Waals surface area contributed by atoms with Gasteiger partial charge in [-0.05, 0) is 55.2 Å². The van der Waals surface area contributed by atoms with Gasteiger partial charge in [-0.25, -0.2) is 0 Å². The molecule has 2 aliphatic heterocycles. The molecule has 1 fully saturated rings. The molecule has 0 radical (unpaired) electrons. The van der Waals surface area contributed by atoms with Crippen molar-refractivity contribution in [1.82, 2.24) is 9.80 Å². The number of hydrogen-bond donors (Lipinski definition) is 0. The van der Waals surface area contributed by atoms with Crippen molar-refractivity contribution in [1.29, 1.82) is 0 Å². The van der Waals surface area contributed by atoms with E-state index in [-0.39, 0.29) is 24.4 Å². The predicted octanol–water partition coefficient (Wildman–Crippen LogP) is 4.03. The molecule has 0 N–H and O–H groups in total. The molecule has 29 heavy (non-hydrogen) atoms. The zero-order chi connectivity index (χ0) is 20.8. The molecule has 2 unspecified atom stereocenters. The SMILES string of the molecule is CC1CN2C(=O)CN(C(=O)C(C)(C)Oc3ccc(Cl)cc3)CC2c2ccccc21. The Hall–Kier alpha value is -2.53. The van der Waals surface area contributed by atoms with Crippen LogP contribution in [-0.2, 0) is 9.59 Å². The van der Waals surface area contributed by atoms with E-state index in [0.717, 1.165) is 5.56 Å². The van der Waals surface area contributed by atoms with E-state index in [1.165, 1.54) is 5.56 Å². The third kappa shape index (κ3) is 3.71. The summed E-state index contributed by atoms with van der Waals surface area (Å²) in [5.41, 5.74) is 1.29. The number of benzene rings is 2. The first-order valence-electron chi connectivity index (χ1n) is 9.88. The number of piperazine rings is 1. The Morgan fingerprint density at radius 1 is 1.07 bits per heavy atom. The van der Waals surface area contributed by atoms with Crippen molar-refractivity contribution in [3.05, 3.63) is 64.7 Å². The highest BCUT2D eigenvalue weighted by Gasteiger charge is 2.44. The number of carbonyl (C=O) groups is 2. The highest BCUT2D eigenvalue weighted by atomic mass is 35.5. The van der Waals surface area contributed by atoms with Crippen molar-refractivity contribution in [3.63, 3.8) is 0 Å². The normalized spacial score (nSPS) is 21.4. The lowest BCUT2D eigenvalue weighted by Gasteiger charge is -2.47. The summed E-state index contributed by atoms with van der Waals surface area (Å²) in [7, 11) is 0. The van der Waals surface area contributed by atoms with Gasteiger partial charge in [0.1, 0.15) is 5.75 Å². The third-order valence-corrected chi connectivity index (χ3v) is 6.01. The molecular formula is C23H25ClN2O3. The van der Waals surface area contributed by atoms with Crippen LogP contribution >= 0.6 is 11.6 Å². The molecule has 0 spiro atoms. The maximum atomic E-state index is 13.3. The molecule has 0 aliphatic carbocycles. The Bertz CT molecular complexity index is 941. The molecule has 5 nitrogen and oxygen atoms in total. The average molecular weight is 413 g/mol. The monoisotopic (exact) mass is 412 g/mol. The molecule has 2 aromatic rings. The van der Waals surface area contributed by atoms with Gasteiger partial charge in [0.05, 0.1) is 12.6 Å². The smallest absolute Gasteiger partial charge is 0.266 e. The van der Waals surface area contributed by atoms with Gasteiger partial charge in [-0.2, -0.15) is 0 Å². The Morgan fingerprint density at radius 2 is 1.72 bits per heavy atom. The standard InChI is InChI=1S/C23H25ClN2O3/c1-15-12-26-20(19-7-5-4-6-18(15)19)13-25(14-21(26)27)22(28)23(2,3)29-17-10-8-16(24)9-11-17/h4-11,15,20H,12-14H2,1-3H3. The third-order valence-electron chi connectivity index (χ3n) is 5.76. The lowest BCUT2D eigenvalue weighted by molar-refractivity contribution is -0.157. The Balaban J connectivity index is 1.57. The van der Waals surface area contributed by atoms with Crippen molar-refractivity contribution < 1.29 is 14.3 Å². The van der Waals surface area contributed by atoms with Gasteiger partial charge >= 0.3 is 0 Å². The summed E-state index contributed by atoms with van der Waals surface area (Å²) in [6, 6.07) is 15.0. The van der Waals surface area contributed by atoms with E-state index < -0.39 is 5.60 Å². The second-order valence-electron chi connectivity index (χ2n) is 8.34. The maximum Gasteiger partial charge on any atom is 0.266 e. The summed E-state index contributed by atoms with van der Waals surface area (Å²) in [5.74, 6) is 0.641. The quantitative estimate of drug-likeness (QED) is 0.764. The average Bonchev–Trinajstić information content (AvgIpc) is 2.70. The highest BCUT2D eigenvalue weighted by molar-refractivity contribution is 6.30. The van der Waals surface area contributed by atoms with Crippen molar-refractivity contribution >= 4 is 23.4 Å². The van der Waals surface area contributed by atoms with Gasteiger partial charge in [-0.1, -0.05) is 42.8 Å². The van der Waals surface area contributed by atoms with Crippen LogP contribution in [-0.4, -0.2) is 46.8 Å². The maximum absolute atomic E-state index is 13.3. The molecule has 2 aliphatic rings. The van der Waals surface area contributed by atoms with Crippen LogP contribution in [0.25, 0.3) is 0 Å². The lowest BCUT2D eigenvalue weighted by atomic mass is 9.84. The van der Waals surface area contributed by atoms with E-state index in [2.05, 4.69) is 19.1 Å². The minimum atomic E-state index is -1.10. The number of amides is 2. The fraction of sp³-hybridized carbons (Fsp3) is 0.391. The molecule has 1 saturated heterocycles. The first-order chi connectivity index (χ1) is 13.8. The first-order valence-corrected chi connectivity index (χ1v) is 10.3. The number of ether oxygens (including phenoxy) is 1. The van der Waals surface area contributed by atoms with E-state index in [0.29, 0.717) is 29.8 Å². The summed E-state index contributed by atoms with van der Waals surface area (Å²) in [6.07, 6.45) is 0. The first kappa shape index (κ1) is 19.8. The van der Waals surface area contributed by atoms with Crippen LogP contribution in [0.15, 0.2) is 48.5 Å². The topological polar surface area (TPSA) is 49.9 Å². The molecule has 0 aromatic heterocycles. The molecule has 152 valence electrons. The summed E-state index contributed by atoms with van der Waals surface area (Å²) in [5, 5.41) is 0.605. The van der Waals surface area contributed by atoms with Crippen LogP contribution in [0.3, 0.4) is 0 Å². The van der Waals surface area contributed by atoms with E-state index >= 15 is 0 Å². The fourth-order valence-corrected chi connectivity index (χ4v) is 4.45. The number of hydrogen-bond acceptors (Lipinski definition) is 3. The number of nitrogens with zero attached hydrogens (tertiary/aromatic N) is 2. The van der Waals surface area contributed by atoms with Crippen LogP contribution in [0.2, 0.25) is 5.02 Å². The zero-order valence-electron chi connectivity index (χ0n) is 16.9. The van der Waals surface area contributed by atoms with Crippen molar-refractivity contribution in [2.75, 3.05) is 19.6 Å². The molecule has 0 bridgehead atoms. The van der Waals surface area contributed by atoms with E-state index in [1.54, 1.807) is 43.0 Å². The number of halogens is 1. The lowest BCUT2D eigenvalue weighted by Crippen LogP contribution is -2.60. The van der Waals surface area contributed by atoms with Gasteiger partial charge in [-0.15, -0.1) is 0 Å². The van der Waals surface area contributed by atoms with Crippen molar-refractivity contribution in [2.45, 2.75) is 38.3 Å². The second-order valence-corrected chi connectivity index (χ2v) is 8.78. The molecule has 0 saturated carbocycles. The number of rotatable bonds is 3. The van der Waals surface area contributed by atoms with Gasteiger partial charge in [0.25, 0.3) is 5.91 Å². The minimum Gasteiger partial charge on any atom is -0.478 e. The highest BCUT2D eigenvalue weighted by Crippen LogP contribution is 2.38. The van der Waals surface area contributed by atoms with Crippen LogP contribution in [0.1, 0.15) is 43.9 Å². The molecule has 2 aromatic carbocycles. The summed E-state index contributed by atoms with van der Waals surface area (Å²) in [6.45, 7) is 6.85. The van der Waals surface area contributed by atoms with Gasteiger partial charge < -0.3 is 14.5 Å². The second kappa shape index (κ2) is 7.38. The minimum absolute atomic E-state index is 0.0155. The van der Waals surface area contributed by atoms with Gasteiger partial charge in [0.2, 0.25) is 5.91 Å².